The van der Waals surface area contributed by atoms with Gasteiger partial charge in [-0.25, -0.2) is 4.98 Å². The number of aromatic nitrogens is 3. The molecule has 2 aromatic heterocycles. The quantitative estimate of drug-likeness (QED) is 0.630. The van der Waals surface area contributed by atoms with Gasteiger partial charge in [-0.3, -0.25) is 9.89 Å². The monoisotopic (exact) mass is 378 g/mol. The Bertz CT molecular complexity index is 951. The number of ether oxygens (including phenoxy) is 1. The number of nitrogens with zero attached hydrogens (tertiary/aromatic N) is 3. The van der Waals surface area contributed by atoms with Crippen molar-refractivity contribution in [1.29, 1.82) is 0 Å². The van der Waals surface area contributed by atoms with Crippen LogP contribution < -0.4 is 20.3 Å². The maximum atomic E-state index is 12.7. The van der Waals surface area contributed by atoms with Gasteiger partial charge in [0.15, 0.2) is 0 Å². The third-order valence-electron chi connectivity index (χ3n) is 4.67. The van der Waals surface area contributed by atoms with E-state index >= 15 is 0 Å². The van der Waals surface area contributed by atoms with Crippen molar-refractivity contribution < 1.29 is 9.53 Å². The molecular weight excluding hydrogens is 356 g/mol. The van der Waals surface area contributed by atoms with Gasteiger partial charge >= 0.3 is 0 Å². The molecule has 0 atom stereocenters. The highest BCUT2D eigenvalue weighted by molar-refractivity contribution is 6.04. The zero-order valence-corrected chi connectivity index (χ0v) is 15.6. The summed E-state index contributed by atoms with van der Waals surface area (Å²) >= 11 is 0. The number of anilines is 2. The standard InChI is InChI=1S/C20H22N6O2/c1-28-19-13-14(26-11-9-21-10-12-26)5-6-17(19)24-20(27)18-4-2-3-15(23-18)16-7-8-22-25-16/h2-8,13,21H,9-12H2,1H3,(H,22,25)(H,24,27). The lowest BCUT2D eigenvalue weighted by atomic mass is 10.2. The van der Waals surface area contributed by atoms with Gasteiger partial charge in [-0.1, -0.05) is 6.07 Å². The van der Waals surface area contributed by atoms with Gasteiger partial charge in [0.1, 0.15) is 11.4 Å². The fourth-order valence-electron chi connectivity index (χ4n) is 3.20. The molecule has 3 heterocycles. The van der Waals surface area contributed by atoms with Crippen LogP contribution in [-0.2, 0) is 0 Å². The van der Waals surface area contributed by atoms with E-state index in [9.17, 15) is 4.79 Å². The van der Waals surface area contributed by atoms with Crippen LogP contribution in [0.15, 0.2) is 48.7 Å². The maximum Gasteiger partial charge on any atom is 0.274 e. The molecule has 3 N–H and O–H groups in total. The fraction of sp³-hybridized carbons (Fsp3) is 0.250. The topological polar surface area (TPSA) is 95.2 Å². The summed E-state index contributed by atoms with van der Waals surface area (Å²) in [6.45, 7) is 3.80. The number of aromatic amines is 1. The van der Waals surface area contributed by atoms with Gasteiger partial charge in [0.05, 0.1) is 24.2 Å². The second-order valence-corrected chi connectivity index (χ2v) is 6.45. The molecule has 28 heavy (non-hydrogen) atoms. The van der Waals surface area contributed by atoms with Crippen LogP contribution in [0.1, 0.15) is 10.5 Å². The van der Waals surface area contributed by atoms with Crippen LogP contribution in [0.5, 0.6) is 5.75 Å². The molecule has 1 aliphatic rings. The summed E-state index contributed by atoms with van der Waals surface area (Å²) in [4.78, 5) is 19.4. The number of hydrogen-bond donors (Lipinski definition) is 3. The first-order valence-corrected chi connectivity index (χ1v) is 9.16. The van der Waals surface area contributed by atoms with Gasteiger partial charge in [0, 0.05) is 44.1 Å². The van der Waals surface area contributed by atoms with Crippen LogP contribution in [0.25, 0.3) is 11.4 Å². The number of methoxy groups -OCH3 is 1. The van der Waals surface area contributed by atoms with Crippen molar-refractivity contribution in [2.75, 3.05) is 43.5 Å². The van der Waals surface area contributed by atoms with Crippen molar-refractivity contribution in [2.45, 2.75) is 0 Å². The van der Waals surface area contributed by atoms with E-state index in [4.69, 9.17) is 4.74 Å². The van der Waals surface area contributed by atoms with Gasteiger partial charge in [0.2, 0.25) is 0 Å². The molecule has 1 aliphatic heterocycles. The number of benzene rings is 1. The van der Waals surface area contributed by atoms with E-state index in [0.717, 1.165) is 37.6 Å². The van der Waals surface area contributed by atoms with Gasteiger partial charge in [-0.2, -0.15) is 5.10 Å². The average Bonchev–Trinajstić information content (AvgIpc) is 3.30. The van der Waals surface area contributed by atoms with E-state index in [2.05, 4.69) is 30.7 Å². The van der Waals surface area contributed by atoms with Gasteiger partial charge < -0.3 is 20.3 Å². The molecule has 0 unspecified atom stereocenters. The van der Waals surface area contributed by atoms with Crippen LogP contribution in [0.4, 0.5) is 11.4 Å². The summed E-state index contributed by atoms with van der Waals surface area (Å²) < 4.78 is 5.51. The molecule has 1 amide bonds. The Balaban J connectivity index is 1.53. The zero-order chi connectivity index (χ0) is 19.3. The molecule has 8 heteroatoms. The Hall–Kier alpha value is -3.39. The Kier molecular flexibility index (Phi) is 5.20. The second-order valence-electron chi connectivity index (χ2n) is 6.45. The SMILES string of the molecule is COc1cc(N2CCNCC2)ccc1NC(=O)c1cccc(-c2ccn[nH]2)n1. The minimum absolute atomic E-state index is 0.297. The van der Waals surface area contributed by atoms with Gasteiger partial charge in [-0.15, -0.1) is 0 Å². The van der Waals surface area contributed by atoms with Gasteiger partial charge in [0.25, 0.3) is 5.91 Å². The number of nitrogens with one attached hydrogen (secondary N) is 3. The van der Waals surface area contributed by atoms with E-state index in [0.29, 0.717) is 22.8 Å². The molecule has 4 rings (SSSR count). The Morgan fingerprint density at radius 3 is 2.79 bits per heavy atom. The number of piperazine rings is 1. The molecule has 144 valence electrons. The highest BCUT2D eigenvalue weighted by Gasteiger charge is 2.16. The number of carbonyl (C=O) groups is 1. The third kappa shape index (κ3) is 3.81. The number of H-pyrrole nitrogens is 1. The third-order valence-corrected chi connectivity index (χ3v) is 4.67. The normalized spacial score (nSPS) is 14.0. The van der Waals surface area contributed by atoms with Crippen LogP contribution in [0.3, 0.4) is 0 Å². The van der Waals surface area contributed by atoms with Crippen LogP contribution in [0.2, 0.25) is 0 Å². The summed E-state index contributed by atoms with van der Waals surface area (Å²) in [5, 5.41) is 13.0. The summed E-state index contributed by atoms with van der Waals surface area (Å²) in [6.07, 6.45) is 1.65. The molecule has 0 radical (unpaired) electrons. The largest absolute Gasteiger partial charge is 0.494 e. The average molecular weight is 378 g/mol. The molecule has 0 saturated carbocycles. The minimum atomic E-state index is -0.297. The predicted octanol–water partition coefficient (Wildman–Crippen LogP) is 2.14. The smallest absolute Gasteiger partial charge is 0.274 e. The van der Waals surface area contributed by atoms with Crippen LogP contribution in [-0.4, -0.2) is 54.4 Å². The van der Waals surface area contributed by atoms with E-state index in [1.165, 1.54) is 0 Å². The lowest BCUT2D eigenvalue weighted by Gasteiger charge is -2.30. The van der Waals surface area contributed by atoms with Crippen molar-refractivity contribution in [3.63, 3.8) is 0 Å². The van der Waals surface area contributed by atoms with Crippen LogP contribution in [0, 0.1) is 0 Å². The first-order valence-electron chi connectivity index (χ1n) is 9.16. The van der Waals surface area contributed by atoms with Crippen molar-refractivity contribution in [2.24, 2.45) is 0 Å². The molecule has 1 saturated heterocycles. The Morgan fingerprint density at radius 2 is 2.04 bits per heavy atom. The molecule has 0 aliphatic carbocycles. The molecule has 1 fully saturated rings. The fourth-order valence-corrected chi connectivity index (χ4v) is 3.20. The molecular formula is C20H22N6O2. The Labute approximate surface area is 162 Å². The number of carbonyl (C=O) groups excluding carboxylic acids is 1. The molecule has 8 nitrogen and oxygen atoms in total. The van der Waals surface area contributed by atoms with Crippen molar-refractivity contribution in [3.8, 4) is 17.1 Å². The summed E-state index contributed by atoms with van der Waals surface area (Å²) in [7, 11) is 1.60. The molecule has 0 bridgehead atoms. The number of rotatable bonds is 5. The summed E-state index contributed by atoms with van der Waals surface area (Å²) in [5.74, 6) is 0.323. The van der Waals surface area contributed by atoms with Crippen molar-refractivity contribution >= 4 is 17.3 Å². The number of pyridine rings is 1. The first-order chi connectivity index (χ1) is 13.7. The minimum Gasteiger partial charge on any atom is -0.494 e. The van der Waals surface area contributed by atoms with E-state index in [-0.39, 0.29) is 5.91 Å². The number of hydrogen-bond acceptors (Lipinski definition) is 6. The van der Waals surface area contributed by atoms with E-state index in [1.54, 1.807) is 25.4 Å². The predicted molar refractivity (Wildman–Crippen MR) is 108 cm³/mol. The number of amides is 1. The highest BCUT2D eigenvalue weighted by atomic mass is 16.5. The van der Waals surface area contributed by atoms with Crippen molar-refractivity contribution in [1.82, 2.24) is 20.5 Å². The second kappa shape index (κ2) is 8.10. The lowest BCUT2D eigenvalue weighted by Crippen LogP contribution is -2.43. The molecule has 1 aromatic carbocycles. The molecule has 0 spiro atoms. The zero-order valence-electron chi connectivity index (χ0n) is 15.6. The maximum absolute atomic E-state index is 12.7. The molecule has 3 aromatic rings. The van der Waals surface area contributed by atoms with E-state index in [1.807, 2.05) is 30.3 Å². The summed E-state index contributed by atoms with van der Waals surface area (Å²) in [6, 6.07) is 12.9. The highest BCUT2D eigenvalue weighted by Crippen LogP contribution is 2.30. The summed E-state index contributed by atoms with van der Waals surface area (Å²) in [5.41, 5.74) is 3.43. The van der Waals surface area contributed by atoms with E-state index < -0.39 is 0 Å². The first kappa shape index (κ1) is 18.0. The van der Waals surface area contributed by atoms with Crippen molar-refractivity contribution in [3.05, 3.63) is 54.4 Å². The Morgan fingerprint density at radius 1 is 1.18 bits per heavy atom. The van der Waals surface area contributed by atoms with Gasteiger partial charge in [-0.05, 0) is 30.3 Å². The lowest BCUT2D eigenvalue weighted by molar-refractivity contribution is 0.102. The van der Waals surface area contributed by atoms with Crippen LogP contribution >= 0.6 is 0 Å².